The van der Waals surface area contributed by atoms with Crippen molar-refractivity contribution >= 4 is 0 Å². The number of nitrogens with one attached hydrogen (secondary N) is 1. The molecule has 100 valence electrons. The van der Waals surface area contributed by atoms with Crippen LogP contribution in [-0.2, 0) is 9.47 Å². The molecule has 3 heteroatoms. The summed E-state index contributed by atoms with van der Waals surface area (Å²) in [7, 11) is 0. The van der Waals surface area contributed by atoms with Gasteiger partial charge in [0, 0.05) is 13.2 Å². The molecule has 1 saturated heterocycles. The largest absolute Gasteiger partial charge is 0.379 e. The maximum Gasteiger partial charge on any atom is 0.0956 e. The fourth-order valence-electron chi connectivity index (χ4n) is 2.31. The molecule has 2 rings (SSSR count). The highest BCUT2D eigenvalue weighted by atomic mass is 16.6. The molecule has 1 heterocycles. The molecule has 1 aromatic rings. The van der Waals surface area contributed by atoms with E-state index in [9.17, 15) is 0 Å². The van der Waals surface area contributed by atoms with E-state index in [1.165, 1.54) is 11.1 Å². The van der Waals surface area contributed by atoms with Crippen LogP contribution in [0.15, 0.2) is 24.3 Å². The van der Waals surface area contributed by atoms with Crippen LogP contribution in [0.2, 0.25) is 0 Å². The van der Waals surface area contributed by atoms with Gasteiger partial charge in [-0.3, -0.25) is 0 Å². The molecule has 18 heavy (non-hydrogen) atoms. The number of hydrogen-bond acceptors (Lipinski definition) is 3. The predicted octanol–water partition coefficient (Wildman–Crippen LogP) is 2.45. The molecule has 0 amide bonds. The molecule has 0 aliphatic carbocycles. The highest BCUT2D eigenvalue weighted by Gasteiger charge is 2.22. The van der Waals surface area contributed by atoms with Crippen LogP contribution >= 0.6 is 0 Å². The van der Waals surface area contributed by atoms with Gasteiger partial charge in [-0.05, 0) is 31.0 Å². The Morgan fingerprint density at radius 1 is 1.44 bits per heavy atom. The first-order chi connectivity index (χ1) is 8.81. The fraction of sp³-hybridized carbons (Fsp3) is 0.600. The number of ether oxygens (including phenoxy) is 2. The minimum atomic E-state index is 0.123. The second-order valence-electron chi connectivity index (χ2n) is 4.77. The van der Waals surface area contributed by atoms with Crippen LogP contribution in [-0.4, -0.2) is 32.4 Å². The lowest BCUT2D eigenvalue weighted by atomic mass is 10.0. The Morgan fingerprint density at radius 2 is 2.28 bits per heavy atom. The first-order valence-electron chi connectivity index (χ1n) is 6.80. The van der Waals surface area contributed by atoms with E-state index in [0.717, 1.165) is 32.7 Å². The molecule has 1 aliphatic heterocycles. The molecule has 2 atom stereocenters. The zero-order valence-electron chi connectivity index (χ0n) is 11.3. The number of likely N-dealkylation sites (N-methyl/N-ethyl adjacent to an activating group) is 1. The molecular formula is C15H23NO2. The van der Waals surface area contributed by atoms with E-state index in [1.54, 1.807) is 0 Å². The monoisotopic (exact) mass is 249 g/mol. The molecule has 2 unspecified atom stereocenters. The molecule has 3 nitrogen and oxygen atoms in total. The molecule has 1 fully saturated rings. The lowest BCUT2D eigenvalue weighted by Crippen LogP contribution is -2.27. The van der Waals surface area contributed by atoms with E-state index < -0.39 is 0 Å². The number of benzene rings is 1. The van der Waals surface area contributed by atoms with Crippen molar-refractivity contribution in [2.45, 2.75) is 32.5 Å². The summed E-state index contributed by atoms with van der Waals surface area (Å²) >= 11 is 0. The van der Waals surface area contributed by atoms with E-state index in [2.05, 4.69) is 43.4 Å². The molecule has 0 radical (unpaired) electrons. The average molecular weight is 249 g/mol. The number of hydrogen-bond donors (Lipinski definition) is 1. The third-order valence-corrected chi connectivity index (χ3v) is 3.36. The molecule has 0 bridgehead atoms. The lowest BCUT2D eigenvalue weighted by molar-refractivity contribution is -0.0165. The smallest absolute Gasteiger partial charge is 0.0956 e. The van der Waals surface area contributed by atoms with Crippen molar-refractivity contribution in [3.63, 3.8) is 0 Å². The van der Waals surface area contributed by atoms with Gasteiger partial charge in [-0.1, -0.05) is 31.2 Å². The third kappa shape index (κ3) is 3.55. The molecule has 1 aliphatic rings. The predicted molar refractivity (Wildman–Crippen MR) is 72.8 cm³/mol. The van der Waals surface area contributed by atoms with E-state index >= 15 is 0 Å². The summed E-state index contributed by atoms with van der Waals surface area (Å²) in [6.07, 6.45) is 1.38. The summed E-state index contributed by atoms with van der Waals surface area (Å²) in [5.41, 5.74) is 2.57. The Balaban J connectivity index is 2.06. The van der Waals surface area contributed by atoms with Crippen LogP contribution in [0.5, 0.6) is 0 Å². The van der Waals surface area contributed by atoms with Crippen LogP contribution in [0.4, 0.5) is 0 Å². The van der Waals surface area contributed by atoms with Gasteiger partial charge >= 0.3 is 0 Å². The molecule has 0 aromatic heterocycles. The second-order valence-corrected chi connectivity index (χ2v) is 4.77. The highest BCUT2D eigenvalue weighted by molar-refractivity contribution is 5.28. The molecule has 0 spiro atoms. The lowest BCUT2D eigenvalue weighted by Gasteiger charge is -2.23. The Morgan fingerprint density at radius 3 is 2.94 bits per heavy atom. The second kappa shape index (κ2) is 6.88. The standard InChI is InChI=1S/C15H23NO2/c1-3-16-10-15(18-13-8-9-17-11-13)14-7-5-4-6-12(14)2/h4-7,13,15-16H,3,8-11H2,1-2H3. The number of rotatable bonds is 6. The first-order valence-corrected chi connectivity index (χ1v) is 6.80. The molecular weight excluding hydrogens is 226 g/mol. The van der Waals surface area contributed by atoms with Gasteiger partial charge in [-0.2, -0.15) is 0 Å². The molecule has 1 aromatic carbocycles. The minimum Gasteiger partial charge on any atom is -0.379 e. The van der Waals surface area contributed by atoms with E-state index in [1.807, 2.05) is 0 Å². The van der Waals surface area contributed by atoms with E-state index in [0.29, 0.717) is 0 Å². The summed E-state index contributed by atoms with van der Waals surface area (Å²) in [6, 6.07) is 8.45. The first kappa shape index (κ1) is 13.5. The van der Waals surface area contributed by atoms with Gasteiger partial charge in [0.05, 0.1) is 18.8 Å². The normalized spacial score (nSPS) is 21.1. The average Bonchev–Trinajstić information content (AvgIpc) is 2.88. The summed E-state index contributed by atoms with van der Waals surface area (Å²) in [6.45, 7) is 7.64. The maximum atomic E-state index is 6.19. The van der Waals surface area contributed by atoms with Crippen LogP contribution in [0, 0.1) is 6.92 Å². The summed E-state index contributed by atoms with van der Waals surface area (Å²) in [5.74, 6) is 0. The molecule has 1 N–H and O–H groups in total. The number of aryl methyl sites for hydroxylation is 1. The Bertz CT molecular complexity index is 361. The van der Waals surface area contributed by atoms with Gasteiger partial charge in [-0.15, -0.1) is 0 Å². The SMILES string of the molecule is CCNCC(OC1CCOC1)c1ccccc1C. The highest BCUT2D eigenvalue weighted by Crippen LogP contribution is 2.24. The zero-order chi connectivity index (χ0) is 12.8. The van der Waals surface area contributed by atoms with E-state index in [-0.39, 0.29) is 12.2 Å². The Kier molecular flexibility index (Phi) is 5.17. The summed E-state index contributed by atoms with van der Waals surface area (Å²) < 4.78 is 11.6. The van der Waals surface area contributed by atoms with Crippen LogP contribution in [0.1, 0.15) is 30.6 Å². The Hall–Kier alpha value is -0.900. The Labute approximate surface area is 109 Å². The van der Waals surface area contributed by atoms with Crippen LogP contribution in [0.3, 0.4) is 0 Å². The maximum absolute atomic E-state index is 6.19. The summed E-state index contributed by atoms with van der Waals surface area (Å²) in [4.78, 5) is 0. The van der Waals surface area contributed by atoms with E-state index in [4.69, 9.17) is 9.47 Å². The van der Waals surface area contributed by atoms with Gasteiger partial charge < -0.3 is 14.8 Å². The topological polar surface area (TPSA) is 30.5 Å². The third-order valence-electron chi connectivity index (χ3n) is 3.36. The van der Waals surface area contributed by atoms with Gasteiger partial charge in [0.1, 0.15) is 0 Å². The van der Waals surface area contributed by atoms with Crippen molar-refractivity contribution in [1.29, 1.82) is 0 Å². The van der Waals surface area contributed by atoms with Crippen LogP contribution in [0.25, 0.3) is 0 Å². The van der Waals surface area contributed by atoms with Gasteiger partial charge in [0.25, 0.3) is 0 Å². The van der Waals surface area contributed by atoms with Crippen molar-refractivity contribution < 1.29 is 9.47 Å². The van der Waals surface area contributed by atoms with Crippen molar-refractivity contribution in [3.05, 3.63) is 35.4 Å². The van der Waals surface area contributed by atoms with Gasteiger partial charge in [-0.25, -0.2) is 0 Å². The van der Waals surface area contributed by atoms with Crippen molar-refractivity contribution in [3.8, 4) is 0 Å². The minimum absolute atomic E-state index is 0.123. The quantitative estimate of drug-likeness (QED) is 0.840. The molecule has 0 saturated carbocycles. The van der Waals surface area contributed by atoms with Crippen molar-refractivity contribution in [2.75, 3.05) is 26.3 Å². The fourth-order valence-corrected chi connectivity index (χ4v) is 2.31. The van der Waals surface area contributed by atoms with Gasteiger partial charge in [0.2, 0.25) is 0 Å². The zero-order valence-corrected chi connectivity index (χ0v) is 11.3. The van der Waals surface area contributed by atoms with Crippen molar-refractivity contribution in [2.24, 2.45) is 0 Å². The summed E-state index contributed by atoms with van der Waals surface area (Å²) in [5, 5.41) is 3.38. The van der Waals surface area contributed by atoms with Crippen LogP contribution < -0.4 is 5.32 Å². The van der Waals surface area contributed by atoms with Gasteiger partial charge in [0.15, 0.2) is 0 Å². The van der Waals surface area contributed by atoms with Crippen molar-refractivity contribution in [1.82, 2.24) is 5.32 Å².